The van der Waals surface area contributed by atoms with Crippen LogP contribution in [-0.4, -0.2) is 14.6 Å². The molecule has 3 rings (SSSR count). The second-order valence-corrected chi connectivity index (χ2v) is 3.88. The molecule has 0 fully saturated rings. The summed E-state index contributed by atoms with van der Waals surface area (Å²) in [5.41, 5.74) is 0.780. The van der Waals surface area contributed by atoms with E-state index in [1.54, 1.807) is 0 Å². The molecule has 92 valence electrons. The zero-order chi connectivity index (χ0) is 13.4. The molecule has 2 aromatic heterocycles. The molecular weight excluding hydrogens is 250 g/mol. The van der Waals surface area contributed by atoms with Crippen LogP contribution in [0.3, 0.4) is 0 Å². The number of pyridine rings is 1. The summed E-state index contributed by atoms with van der Waals surface area (Å²) in [4.78, 5) is 3.93. The Bertz CT molecular complexity index is 817. The molecule has 0 amide bonds. The number of aromatic nitrogens is 3. The van der Waals surface area contributed by atoms with Gasteiger partial charge in [-0.05, 0) is 30.3 Å². The summed E-state index contributed by atoms with van der Waals surface area (Å²) >= 11 is 0. The standard InChI is InChI=1S/C13H6F2N4/c14-10-3-4-12-17-7-18-19(12)13(10)9-2-1-8(6-16)5-11(9)15/h1-5,7H/p+1. The van der Waals surface area contributed by atoms with Gasteiger partial charge in [0.1, 0.15) is 29.2 Å². The summed E-state index contributed by atoms with van der Waals surface area (Å²) in [6, 6.07) is 8.76. The molecule has 4 nitrogen and oxygen atoms in total. The predicted molar refractivity (Wildman–Crippen MR) is 62.3 cm³/mol. The summed E-state index contributed by atoms with van der Waals surface area (Å²) in [6.07, 6.45) is 1.27. The zero-order valence-corrected chi connectivity index (χ0v) is 9.56. The van der Waals surface area contributed by atoms with Gasteiger partial charge in [0, 0.05) is 5.56 Å². The monoisotopic (exact) mass is 257 g/mol. The molecule has 0 spiro atoms. The minimum absolute atomic E-state index is 0.00373. The zero-order valence-electron chi connectivity index (χ0n) is 9.56. The Balaban J connectivity index is 2.33. The number of benzene rings is 1. The van der Waals surface area contributed by atoms with Crippen LogP contribution in [0.1, 0.15) is 5.56 Å². The molecule has 0 aliphatic rings. The van der Waals surface area contributed by atoms with Crippen LogP contribution < -0.4 is 5.26 Å². The maximum absolute atomic E-state index is 14.0. The number of nitrogens with one attached hydrogen (secondary N) is 1. The Kier molecular flexibility index (Phi) is 2.46. The Morgan fingerprint density at radius 1 is 1.11 bits per heavy atom. The molecule has 3 aromatic rings. The first kappa shape index (κ1) is 11.3. The fourth-order valence-electron chi connectivity index (χ4n) is 1.89. The fourth-order valence-corrected chi connectivity index (χ4v) is 1.89. The van der Waals surface area contributed by atoms with E-state index in [0.29, 0.717) is 5.65 Å². The van der Waals surface area contributed by atoms with Crippen molar-refractivity contribution in [2.45, 2.75) is 0 Å². The Hall–Kier alpha value is -2.81. The van der Waals surface area contributed by atoms with E-state index in [2.05, 4.69) is 16.2 Å². The molecule has 0 aliphatic carbocycles. The minimum Gasteiger partial charge on any atom is -0.215 e. The highest BCUT2D eigenvalue weighted by Crippen LogP contribution is 2.26. The van der Waals surface area contributed by atoms with Crippen LogP contribution in [0, 0.1) is 17.7 Å². The average molecular weight is 257 g/mol. The van der Waals surface area contributed by atoms with Crippen molar-refractivity contribution in [2.75, 3.05) is 0 Å². The first-order valence-corrected chi connectivity index (χ1v) is 5.41. The van der Waals surface area contributed by atoms with Crippen LogP contribution in [0.15, 0.2) is 36.7 Å². The smallest absolute Gasteiger partial charge is 0.215 e. The highest BCUT2D eigenvalue weighted by molar-refractivity contribution is 5.65. The van der Waals surface area contributed by atoms with Crippen molar-refractivity contribution < 1.29 is 14.0 Å². The van der Waals surface area contributed by atoms with Crippen LogP contribution in [0.5, 0.6) is 0 Å². The number of hydrogen-bond acceptors (Lipinski definition) is 2. The highest BCUT2D eigenvalue weighted by atomic mass is 19.1. The fraction of sp³-hybridized carbons (Fsp3) is 0. The van der Waals surface area contributed by atoms with E-state index in [1.807, 2.05) is 0 Å². The molecule has 0 unspecified atom stereocenters. The SMILES string of the molecule is [NH+]#Cc1ccc(-c2c(F)ccc3ncnn23)c(F)c1. The molecule has 0 radical (unpaired) electrons. The van der Waals surface area contributed by atoms with Gasteiger partial charge in [0.15, 0.2) is 5.65 Å². The summed E-state index contributed by atoms with van der Waals surface area (Å²) in [5, 5.41) is 10.8. The Labute approximate surface area is 106 Å². The number of halogens is 2. The Morgan fingerprint density at radius 3 is 2.68 bits per heavy atom. The molecule has 1 aromatic carbocycles. The maximum Gasteiger partial charge on any atom is 0.308 e. The highest BCUT2D eigenvalue weighted by Gasteiger charge is 2.16. The van der Waals surface area contributed by atoms with Gasteiger partial charge in [-0.3, -0.25) is 0 Å². The molecule has 6 heteroatoms. The van der Waals surface area contributed by atoms with Gasteiger partial charge in [0.2, 0.25) is 0 Å². The third-order valence-corrected chi connectivity index (χ3v) is 2.76. The van der Waals surface area contributed by atoms with Crippen molar-refractivity contribution in [3.63, 3.8) is 0 Å². The molecule has 0 bridgehead atoms. The average Bonchev–Trinajstić information content (AvgIpc) is 2.88. The van der Waals surface area contributed by atoms with E-state index >= 15 is 0 Å². The summed E-state index contributed by atoms with van der Waals surface area (Å²) in [6.45, 7) is 0. The minimum atomic E-state index is -0.640. The van der Waals surface area contributed by atoms with Crippen LogP contribution in [0.4, 0.5) is 8.78 Å². The van der Waals surface area contributed by atoms with E-state index < -0.39 is 11.6 Å². The summed E-state index contributed by atoms with van der Waals surface area (Å²) < 4.78 is 29.2. The lowest BCUT2D eigenvalue weighted by Crippen LogP contribution is -2.17. The van der Waals surface area contributed by atoms with E-state index in [1.165, 1.54) is 35.1 Å². The van der Waals surface area contributed by atoms with E-state index in [0.717, 1.165) is 6.07 Å². The molecule has 19 heavy (non-hydrogen) atoms. The van der Waals surface area contributed by atoms with Crippen LogP contribution >= 0.6 is 0 Å². The molecule has 0 aliphatic heterocycles. The normalized spacial score (nSPS) is 10.6. The lowest BCUT2D eigenvalue weighted by molar-refractivity contribution is -0.0909. The predicted octanol–water partition coefficient (Wildman–Crippen LogP) is 0.795. The lowest BCUT2D eigenvalue weighted by Gasteiger charge is -2.07. The van der Waals surface area contributed by atoms with Crippen molar-refractivity contribution in [3.05, 3.63) is 53.9 Å². The Morgan fingerprint density at radius 2 is 1.95 bits per heavy atom. The van der Waals surface area contributed by atoms with Crippen LogP contribution in [0.25, 0.3) is 16.9 Å². The van der Waals surface area contributed by atoms with Gasteiger partial charge in [-0.1, -0.05) is 5.26 Å². The van der Waals surface area contributed by atoms with Gasteiger partial charge in [0.05, 0.1) is 0 Å². The quantitative estimate of drug-likeness (QED) is 0.701. The third-order valence-electron chi connectivity index (χ3n) is 2.76. The summed E-state index contributed by atoms with van der Waals surface area (Å²) in [5.74, 6) is -1.23. The van der Waals surface area contributed by atoms with Crippen molar-refractivity contribution in [1.29, 1.82) is 0 Å². The second-order valence-electron chi connectivity index (χ2n) is 3.88. The molecule has 1 N–H and O–H groups in total. The number of fused-ring (bicyclic) bond motifs is 1. The van der Waals surface area contributed by atoms with Crippen molar-refractivity contribution >= 4 is 5.65 Å². The third kappa shape index (κ3) is 1.72. The van der Waals surface area contributed by atoms with Crippen molar-refractivity contribution in [3.8, 4) is 17.3 Å². The summed E-state index contributed by atoms with van der Waals surface area (Å²) in [7, 11) is 0. The van der Waals surface area contributed by atoms with Gasteiger partial charge in [-0.2, -0.15) is 5.10 Å². The van der Waals surface area contributed by atoms with Crippen molar-refractivity contribution in [2.24, 2.45) is 0 Å². The van der Waals surface area contributed by atoms with Gasteiger partial charge < -0.3 is 0 Å². The van der Waals surface area contributed by atoms with E-state index in [9.17, 15) is 8.78 Å². The van der Waals surface area contributed by atoms with Crippen LogP contribution in [0.2, 0.25) is 0 Å². The van der Waals surface area contributed by atoms with Gasteiger partial charge in [-0.15, -0.1) is 0 Å². The molecule has 0 saturated heterocycles. The van der Waals surface area contributed by atoms with Gasteiger partial charge in [-0.25, -0.2) is 18.3 Å². The molecule has 0 atom stereocenters. The molecule has 2 heterocycles. The van der Waals surface area contributed by atoms with E-state index in [-0.39, 0.29) is 16.8 Å². The van der Waals surface area contributed by atoms with Crippen LogP contribution in [-0.2, 0) is 0 Å². The topological polar surface area (TPSA) is 54.0 Å². The van der Waals surface area contributed by atoms with E-state index in [4.69, 9.17) is 5.26 Å². The number of rotatable bonds is 1. The first-order chi connectivity index (χ1) is 9.20. The molecule has 0 saturated carbocycles. The van der Waals surface area contributed by atoms with Gasteiger partial charge >= 0.3 is 6.07 Å². The maximum atomic E-state index is 14.0. The van der Waals surface area contributed by atoms with Gasteiger partial charge in [0.25, 0.3) is 0 Å². The number of hydrogen-bond donors (Lipinski definition) is 1. The second kappa shape index (κ2) is 4.14. The largest absolute Gasteiger partial charge is 0.308 e. The van der Waals surface area contributed by atoms with Crippen molar-refractivity contribution in [1.82, 2.24) is 14.6 Å². The lowest BCUT2D eigenvalue weighted by atomic mass is 10.1. The first-order valence-electron chi connectivity index (χ1n) is 5.41. The number of nitrogens with zero attached hydrogens (tertiary/aromatic N) is 3. The molecular formula is C13H7F2N4+.